The zero-order valence-electron chi connectivity index (χ0n) is 11.6. The fourth-order valence-corrected chi connectivity index (χ4v) is 3.82. The summed E-state index contributed by atoms with van der Waals surface area (Å²) in [7, 11) is 0. The van der Waals surface area contributed by atoms with Gasteiger partial charge in [0.2, 0.25) is 5.12 Å². The van der Waals surface area contributed by atoms with E-state index < -0.39 is 10.9 Å². The van der Waals surface area contributed by atoms with E-state index >= 15 is 0 Å². The van der Waals surface area contributed by atoms with E-state index in [9.17, 15) is 19.7 Å². The minimum atomic E-state index is -1.24. The fraction of sp³-hybridized carbons (Fsp3) is 0.385. The second kappa shape index (κ2) is 7.61. The van der Waals surface area contributed by atoms with Crippen molar-refractivity contribution in [3.8, 4) is 0 Å². The summed E-state index contributed by atoms with van der Waals surface area (Å²) in [5.41, 5.74) is -0.524. The van der Waals surface area contributed by atoms with Gasteiger partial charge in [-0.05, 0) is 23.9 Å². The molecule has 118 valence electrons. The Kier molecular flexibility index (Phi) is 5.81. The van der Waals surface area contributed by atoms with E-state index in [0.29, 0.717) is 0 Å². The number of aromatic carboxylic acids is 1. The number of carbonyl (C=O) groups excluding carboxylic acids is 1. The second-order valence-corrected chi connectivity index (χ2v) is 6.93. The maximum atomic E-state index is 12.0. The van der Waals surface area contributed by atoms with Gasteiger partial charge in [0.25, 0.3) is 5.69 Å². The van der Waals surface area contributed by atoms with Crippen LogP contribution in [-0.2, 0) is 4.79 Å². The first-order chi connectivity index (χ1) is 10.5. The summed E-state index contributed by atoms with van der Waals surface area (Å²) in [5.74, 6) is 0.716. The first-order valence-electron chi connectivity index (χ1n) is 6.50. The second-order valence-electron chi connectivity index (χ2n) is 4.61. The molecule has 0 aliphatic carbocycles. The molecule has 1 N–H and O–H groups in total. The maximum absolute atomic E-state index is 12.0. The van der Waals surface area contributed by atoms with Crippen LogP contribution in [0.5, 0.6) is 0 Å². The third kappa shape index (κ3) is 4.46. The number of benzene rings is 1. The lowest BCUT2D eigenvalue weighted by Gasteiger charge is -2.24. The average molecular weight is 342 g/mol. The van der Waals surface area contributed by atoms with Crippen LogP contribution in [0.1, 0.15) is 10.4 Å². The Morgan fingerprint density at radius 3 is 2.64 bits per heavy atom. The molecule has 1 saturated heterocycles. The van der Waals surface area contributed by atoms with Crippen LogP contribution in [0.4, 0.5) is 5.69 Å². The van der Waals surface area contributed by atoms with Crippen molar-refractivity contribution < 1.29 is 19.6 Å². The molecule has 2 rings (SSSR count). The van der Waals surface area contributed by atoms with Gasteiger partial charge in [0, 0.05) is 30.7 Å². The Balaban J connectivity index is 2.09. The third-order valence-corrected chi connectivity index (χ3v) is 4.95. The van der Waals surface area contributed by atoms with Gasteiger partial charge in [-0.3, -0.25) is 19.8 Å². The highest BCUT2D eigenvalue weighted by Crippen LogP contribution is 2.31. The van der Waals surface area contributed by atoms with Crippen LogP contribution in [-0.4, -0.2) is 57.2 Å². The van der Waals surface area contributed by atoms with Crippen LogP contribution in [0.3, 0.4) is 0 Å². The third-order valence-electron chi connectivity index (χ3n) is 3.08. The molecule has 1 aliphatic rings. The van der Waals surface area contributed by atoms with Crippen molar-refractivity contribution in [3.63, 3.8) is 0 Å². The van der Waals surface area contributed by atoms with E-state index in [1.807, 2.05) is 16.7 Å². The van der Waals surface area contributed by atoms with E-state index in [1.54, 1.807) is 0 Å². The van der Waals surface area contributed by atoms with Gasteiger partial charge in [-0.25, -0.2) is 4.79 Å². The maximum Gasteiger partial charge on any atom is 0.335 e. The molecule has 1 heterocycles. The summed E-state index contributed by atoms with van der Waals surface area (Å²) in [6.45, 7) is 1.90. The highest BCUT2D eigenvalue weighted by atomic mass is 32.2. The van der Waals surface area contributed by atoms with Crippen LogP contribution in [0, 0.1) is 10.1 Å². The number of carboxylic acids is 1. The summed E-state index contributed by atoms with van der Waals surface area (Å²) in [6.07, 6.45) is 0. The first-order valence-corrected chi connectivity index (χ1v) is 8.47. The number of hydrogen-bond acceptors (Lipinski definition) is 7. The minimum Gasteiger partial charge on any atom is -0.478 e. The van der Waals surface area contributed by atoms with Gasteiger partial charge in [-0.1, -0.05) is 0 Å². The van der Waals surface area contributed by atoms with Crippen molar-refractivity contribution >= 4 is 40.3 Å². The first kappa shape index (κ1) is 16.8. The molecule has 0 spiro atoms. The molecule has 0 aromatic heterocycles. The fourth-order valence-electron chi connectivity index (χ4n) is 1.98. The lowest BCUT2D eigenvalue weighted by Crippen LogP contribution is -2.35. The molecule has 1 fully saturated rings. The van der Waals surface area contributed by atoms with Gasteiger partial charge < -0.3 is 5.11 Å². The van der Waals surface area contributed by atoms with Crippen LogP contribution >= 0.6 is 23.5 Å². The molecule has 22 heavy (non-hydrogen) atoms. The number of nitro groups is 1. The Bertz CT molecular complexity index is 602. The quantitative estimate of drug-likeness (QED) is 0.492. The Hall–Kier alpha value is -1.58. The minimum absolute atomic E-state index is 0.170. The molecule has 0 amide bonds. The zero-order chi connectivity index (χ0) is 16.1. The van der Waals surface area contributed by atoms with Gasteiger partial charge in [0.15, 0.2) is 0 Å². The molecule has 1 aliphatic heterocycles. The van der Waals surface area contributed by atoms with Crippen molar-refractivity contribution in [2.45, 2.75) is 4.90 Å². The molecule has 0 radical (unpaired) electrons. The Morgan fingerprint density at radius 1 is 1.36 bits per heavy atom. The number of nitro benzene ring substituents is 1. The summed E-state index contributed by atoms with van der Waals surface area (Å²) in [4.78, 5) is 35.5. The summed E-state index contributed by atoms with van der Waals surface area (Å²) in [5, 5.41) is 19.7. The van der Waals surface area contributed by atoms with Crippen LogP contribution in [0.2, 0.25) is 0 Å². The van der Waals surface area contributed by atoms with E-state index in [1.165, 1.54) is 12.1 Å². The number of carboxylic acid groups (broad SMARTS) is 1. The lowest BCUT2D eigenvalue weighted by atomic mass is 10.2. The molecule has 0 saturated carbocycles. The summed E-state index contributed by atoms with van der Waals surface area (Å²) >= 11 is 2.63. The Labute approximate surface area is 135 Å². The zero-order valence-corrected chi connectivity index (χ0v) is 13.2. The summed E-state index contributed by atoms with van der Waals surface area (Å²) < 4.78 is 0. The van der Waals surface area contributed by atoms with Crippen molar-refractivity contribution in [2.24, 2.45) is 0 Å². The predicted molar refractivity (Wildman–Crippen MR) is 84.7 cm³/mol. The molecule has 7 nitrogen and oxygen atoms in total. The summed E-state index contributed by atoms with van der Waals surface area (Å²) in [6, 6.07) is 3.56. The van der Waals surface area contributed by atoms with Crippen LogP contribution in [0.15, 0.2) is 23.1 Å². The monoisotopic (exact) mass is 342 g/mol. The number of hydrogen-bond donors (Lipinski definition) is 1. The highest BCUT2D eigenvalue weighted by molar-refractivity contribution is 8.13. The van der Waals surface area contributed by atoms with Gasteiger partial charge in [-0.2, -0.15) is 11.8 Å². The average Bonchev–Trinajstić information content (AvgIpc) is 2.48. The van der Waals surface area contributed by atoms with E-state index in [-0.39, 0.29) is 27.8 Å². The standard InChI is InChI=1S/C13H14N2O5S2/c16-12(8-14-3-5-21-6-4-14)22-11-2-1-9(13(17)18)7-10(11)15(19)20/h1-2,7H,3-6,8H2,(H,17,18). The molecule has 1 aromatic carbocycles. The van der Waals surface area contributed by atoms with Crippen molar-refractivity contribution in [1.82, 2.24) is 4.90 Å². The number of carbonyl (C=O) groups is 2. The highest BCUT2D eigenvalue weighted by Gasteiger charge is 2.21. The molecule has 0 unspecified atom stereocenters. The topological polar surface area (TPSA) is 101 Å². The largest absolute Gasteiger partial charge is 0.478 e. The van der Waals surface area contributed by atoms with Crippen LogP contribution in [0.25, 0.3) is 0 Å². The van der Waals surface area contributed by atoms with E-state index in [0.717, 1.165) is 42.4 Å². The molecular weight excluding hydrogens is 328 g/mol. The smallest absolute Gasteiger partial charge is 0.335 e. The molecule has 1 aromatic rings. The molecule has 0 atom stereocenters. The van der Waals surface area contributed by atoms with Crippen molar-refractivity contribution in [3.05, 3.63) is 33.9 Å². The number of nitrogens with zero attached hydrogens (tertiary/aromatic N) is 2. The van der Waals surface area contributed by atoms with E-state index in [4.69, 9.17) is 5.11 Å². The normalized spacial score (nSPS) is 15.5. The van der Waals surface area contributed by atoms with Gasteiger partial charge in [0.1, 0.15) is 0 Å². The number of thioether (sulfide) groups is 2. The van der Waals surface area contributed by atoms with Crippen molar-refractivity contribution in [1.29, 1.82) is 0 Å². The van der Waals surface area contributed by atoms with Gasteiger partial charge >= 0.3 is 5.97 Å². The molecular formula is C13H14N2O5S2. The van der Waals surface area contributed by atoms with Gasteiger partial charge in [-0.15, -0.1) is 0 Å². The lowest BCUT2D eigenvalue weighted by molar-refractivity contribution is -0.387. The Morgan fingerprint density at radius 2 is 2.05 bits per heavy atom. The van der Waals surface area contributed by atoms with Crippen LogP contribution < -0.4 is 0 Å². The van der Waals surface area contributed by atoms with E-state index in [2.05, 4.69) is 0 Å². The number of rotatable bonds is 5. The van der Waals surface area contributed by atoms with Crippen molar-refractivity contribution in [2.75, 3.05) is 31.1 Å². The van der Waals surface area contributed by atoms with Gasteiger partial charge in [0.05, 0.1) is 21.9 Å². The predicted octanol–water partition coefficient (Wildman–Crippen LogP) is 1.96. The molecule has 0 bridgehead atoms. The SMILES string of the molecule is O=C(CN1CCSCC1)Sc1ccc(C(=O)O)cc1[N+](=O)[O-]. The molecule has 9 heteroatoms.